The van der Waals surface area contributed by atoms with Crippen molar-refractivity contribution in [3.8, 4) is 0 Å². The van der Waals surface area contributed by atoms with Crippen LogP contribution in [-0.2, 0) is 15.1 Å². The van der Waals surface area contributed by atoms with Crippen molar-refractivity contribution >= 4 is 86.3 Å². The second-order valence-electron chi connectivity index (χ2n) is 8.87. The summed E-state index contributed by atoms with van der Waals surface area (Å²) in [5.74, 6) is -0.678. The van der Waals surface area contributed by atoms with Gasteiger partial charge in [0.15, 0.2) is 0 Å². The number of aliphatic hydroxyl groups is 1. The number of halogens is 3. The molecule has 0 amide bonds. The molecule has 0 heterocycles. The summed E-state index contributed by atoms with van der Waals surface area (Å²) in [4.78, 5) is 14.0. The third kappa shape index (κ3) is 4.89. The fourth-order valence-electron chi connectivity index (χ4n) is 5.37. The SMILES string of the molecule is CCOC(=O)C(O)(c1c2ccccc2cc2ccccc12)c1c2ccccc2cc2ccccc12.I[I-]I. The minimum absolute atomic E-state index is 0.159. The van der Waals surface area contributed by atoms with Crippen LogP contribution >= 0.6 is 37.2 Å². The van der Waals surface area contributed by atoms with E-state index in [4.69, 9.17) is 4.74 Å². The van der Waals surface area contributed by atoms with Crippen LogP contribution in [0.4, 0.5) is 0 Å². The molecule has 0 spiro atoms. The van der Waals surface area contributed by atoms with Crippen LogP contribution in [-0.4, -0.2) is 17.7 Å². The van der Waals surface area contributed by atoms with Gasteiger partial charge in [-0.3, -0.25) is 0 Å². The predicted octanol–water partition coefficient (Wildman–Crippen LogP) is 5.87. The Labute approximate surface area is 251 Å². The van der Waals surface area contributed by atoms with Crippen LogP contribution in [0.3, 0.4) is 0 Å². The van der Waals surface area contributed by atoms with E-state index in [0.29, 0.717) is 24.4 Å². The van der Waals surface area contributed by atoms with Crippen molar-refractivity contribution < 1.29 is 27.9 Å². The molecule has 0 saturated carbocycles. The van der Waals surface area contributed by atoms with Crippen molar-refractivity contribution in [2.45, 2.75) is 12.5 Å². The van der Waals surface area contributed by atoms with E-state index in [1.165, 1.54) is 0 Å². The van der Waals surface area contributed by atoms with Gasteiger partial charge in [-0.25, -0.2) is 4.79 Å². The fraction of sp³-hybridized carbons (Fsp3) is 0.0938. The molecule has 6 aromatic rings. The molecule has 0 atom stereocenters. The van der Waals surface area contributed by atoms with Gasteiger partial charge in [-0.1, -0.05) is 97.1 Å². The van der Waals surface area contributed by atoms with Gasteiger partial charge >= 0.3 is 56.5 Å². The Hall–Kier alpha value is -2.02. The van der Waals surface area contributed by atoms with E-state index < -0.39 is 11.6 Å². The van der Waals surface area contributed by atoms with Gasteiger partial charge in [-0.15, -0.1) is 0 Å². The molecule has 0 aliphatic carbocycles. The first-order valence-corrected chi connectivity index (χ1v) is 24.7. The summed E-state index contributed by atoms with van der Waals surface area (Å²) in [6.45, 7) is 1.92. The van der Waals surface area contributed by atoms with Gasteiger partial charge in [-0.05, 0) is 62.1 Å². The Bertz CT molecular complexity index is 1550. The number of carbonyl (C=O) groups excluding carboxylic acids is 1. The number of esters is 1. The molecule has 0 aromatic heterocycles. The quantitative estimate of drug-likeness (QED) is 0.137. The molecule has 0 aliphatic heterocycles. The fourth-order valence-corrected chi connectivity index (χ4v) is 5.37. The van der Waals surface area contributed by atoms with Crippen molar-refractivity contribution in [1.29, 1.82) is 0 Å². The third-order valence-corrected chi connectivity index (χ3v) is 6.84. The van der Waals surface area contributed by atoms with Crippen molar-refractivity contribution in [3.05, 3.63) is 120 Å². The minimum atomic E-state index is -2.04. The second-order valence-corrected chi connectivity index (χ2v) is 25.1. The Morgan fingerprint density at radius 2 is 0.974 bits per heavy atom. The number of fused-ring (bicyclic) bond motifs is 4. The van der Waals surface area contributed by atoms with Crippen LogP contribution in [0.1, 0.15) is 18.1 Å². The summed E-state index contributed by atoms with van der Waals surface area (Å²) in [7, 11) is 0. The number of benzene rings is 6. The molecular weight excluding hydrogens is 813 g/mol. The summed E-state index contributed by atoms with van der Waals surface area (Å²) in [5.41, 5.74) is -0.950. The zero-order valence-corrected chi connectivity index (χ0v) is 27.0. The average molecular weight is 837 g/mol. The Morgan fingerprint density at radius 3 is 1.26 bits per heavy atom. The summed E-state index contributed by atoms with van der Waals surface area (Å²) >= 11 is 5.30. The standard InChI is InChI=1S/C32H24O3.I3/c1-2-35-31(33)32(34,29-25-15-7-3-11-21(25)19-22-12-4-8-16-26(22)29)30-27-17-9-5-13-23(27)20-24-14-6-10-18-28(24)30;1-3-2/h3-20,34H,2H2,1H3;/q;-1. The Balaban J connectivity index is 0.000000937. The number of hydrogen-bond donors (Lipinski definition) is 1. The second kappa shape index (κ2) is 12.0. The average Bonchev–Trinajstić information content (AvgIpc) is 2.94. The molecule has 0 radical (unpaired) electrons. The molecule has 0 aliphatic rings. The van der Waals surface area contributed by atoms with Crippen LogP contribution < -0.4 is 13.3 Å². The van der Waals surface area contributed by atoms with E-state index in [9.17, 15) is 9.90 Å². The topological polar surface area (TPSA) is 46.5 Å². The summed E-state index contributed by atoms with van der Waals surface area (Å²) in [5, 5.41) is 20.0. The van der Waals surface area contributed by atoms with Crippen molar-refractivity contribution in [2.24, 2.45) is 0 Å². The van der Waals surface area contributed by atoms with Gasteiger partial charge in [0.25, 0.3) is 0 Å². The molecule has 6 aromatic carbocycles. The molecule has 6 rings (SSSR count). The molecular formula is C32H24I3O3-. The first-order valence-electron chi connectivity index (χ1n) is 12.1. The number of ether oxygens (including phenoxy) is 1. The van der Waals surface area contributed by atoms with E-state index in [1.807, 2.05) is 97.1 Å². The first-order chi connectivity index (χ1) is 18.5. The van der Waals surface area contributed by atoms with Crippen LogP contribution in [0, 0.1) is 0 Å². The number of rotatable bonds is 4. The molecule has 0 fully saturated rings. The van der Waals surface area contributed by atoms with E-state index >= 15 is 0 Å². The van der Waals surface area contributed by atoms with Gasteiger partial charge < -0.3 is 9.84 Å². The molecule has 1 N–H and O–H groups in total. The van der Waals surface area contributed by atoms with Crippen molar-refractivity contribution in [1.82, 2.24) is 0 Å². The van der Waals surface area contributed by atoms with Gasteiger partial charge in [0, 0.05) is 11.1 Å². The van der Waals surface area contributed by atoms with Crippen molar-refractivity contribution in [3.63, 3.8) is 0 Å². The molecule has 0 unspecified atom stereocenters. The maximum absolute atomic E-state index is 14.0. The number of carbonyl (C=O) groups is 1. The van der Waals surface area contributed by atoms with Gasteiger partial charge in [0.1, 0.15) is 0 Å². The van der Waals surface area contributed by atoms with Crippen LogP contribution in [0.5, 0.6) is 0 Å². The molecule has 0 bridgehead atoms. The summed E-state index contributed by atoms with van der Waals surface area (Å²) in [6, 6.07) is 35.7. The first kappa shape index (κ1) is 27.5. The van der Waals surface area contributed by atoms with Crippen LogP contribution in [0.15, 0.2) is 109 Å². The number of hydrogen-bond acceptors (Lipinski definition) is 3. The molecule has 192 valence electrons. The van der Waals surface area contributed by atoms with E-state index in [1.54, 1.807) is 6.92 Å². The molecule has 38 heavy (non-hydrogen) atoms. The summed E-state index contributed by atoms with van der Waals surface area (Å²) < 4.78 is 5.62. The zero-order chi connectivity index (χ0) is 26.7. The van der Waals surface area contributed by atoms with Gasteiger partial charge in [-0.2, -0.15) is 0 Å². The molecule has 3 nitrogen and oxygen atoms in total. The van der Waals surface area contributed by atoms with E-state index in [-0.39, 0.29) is 6.61 Å². The van der Waals surface area contributed by atoms with Crippen LogP contribution in [0.25, 0.3) is 43.1 Å². The van der Waals surface area contributed by atoms with Gasteiger partial charge in [0.2, 0.25) is 5.60 Å². The third-order valence-electron chi connectivity index (χ3n) is 6.84. The van der Waals surface area contributed by atoms with Gasteiger partial charge in [0.05, 0.1) is 6.61 Å². The Kier molecular flexibility index (Phi) is 8.71. The van der Waals surface area contributed by atoms with E-state index in [2.05, 4.69) is 49.4 Å². The summed E-state index contributed by atoms with van der Waals surface area (Å²) in [6.07, 6.45) is 0. The monoisotopic (exact) mass is 837 g/mol. The maximum atomic E-state index is 14.0. The molecule has 6 heteroatoms. The van der Waals surface area contributed by atoms with E-state index in [0.717, 1.165) is 43.1 Å². The predicted molar refractivity (Wildman–Crippen MR) is 171 cm³/mol. The van der Waals surface area contributed by atoms with Crippen molar-refractivity contribution in [2.75, 3.05) is 6.61 Å². The molecule has 0 saturated heterocycles. The zero-order valence-electron chi connectivity index (χ0n) is 20.5. The Morgan fingerprint density at radius 1 is 0.684 bits per heavy atom. The normalized spacial score (nSPS) is 11.6. The van der Waals surface area contributed by atoms with Crippen LogP contribution in [0.2, 0.25) is 0 Å².